The highest BCUT2D eigenvalue weighted by Crippen LogP contribution is 2.28. The van der Waals surface area contributed by atoms with E-state index in [9.17, 15) is 0 Å². The lowest BCUT2D eigenvalue weighted by atomic mass is 10.0. The number of ether oxygens (including phenoxy) is 1. The molecule has 1 heterocycles. The van der Waals surface area contributed by atoms with E-state index >= 15 is 0 Å². The molecule has 90 valence electrons. The number of benzene rings is 1. The monoisotopic (exact) mass is 247 g/mol. The van der Waals surface area contributed by atoms with Crippen molar-refractivity contribution in [1.29, 1.82) is 0 Å². The lowest BCUT2D eigenvalue weighted by Gasteiger charge is -2.11. The Bertz CT molecular complexity index is 492. The predicted molar refractivity (Wildman–Crippen MR) is 72.7 cm³/mol. The zero-order valence-corrected chi connectivity index (χ0v) is 11.0. The van der Waals surface area contributed by atoms with Crippen molar-refractivity contribution >= 4 is 11.3 Å². The zero-order valence-electron chi connectivity index (χ0n) is 10.1. The number of methoxy groups -OCH3 is 1. The van der Waals surface area contributed by atoms with Gasteiger partial charge < -0.3 is 10.5 Å². The SMILES string of the molecule is COc1csc(C(N)Cc2ccccc2C)c1. The van der Waals surface area contributed by atoms with Gasteiger partial charge >= 0.3 is 0 Å². The molecule has 2 N–H and O–H groups in total. The van der Waals surface area contributed by atoms with E-state index < -0.39 is 0 Å². The Balaban J connectivity index is 2.11. The average Bonchev–Trinajstić information content (AvgIpc) is 2.81. The lowest BCUT2D eigenvalue weighted by molar-refractivity contribution is 0.416. The summed E-state index contributed by atoms with van der Waals surface area (Å²) in [6, 6.07) is 10.4. The number of nitrogens with two attached hydrogens (primary N) is 1. The van der Waals surface area contributed by atoms with E-state index in [1.165, 1.54) is 16.0 Å². The van der Waals surface area contributed by atoms with Crippen LogP contribution in [0, 0.1) is 6.92 Å². The minimum atomic E-state index is 0.0463. The molecule has 0 aliphatic rings. The smallest absolute Gasteiger partial charge is 0.129 e. The van der Waals surface area contributed by atoms with Gasteiger partial charge in [-0.3, -0.25) is 0 Å². The van der Waals surface area contributed by atoms with Gasteiger partial charge in [-0.1, -0.05) is 24.3 Å². The number of aryl methyl sites for hydroxylation is 1. The molecule has 1 atom stereocenters. The van der Waals surface area contributed by atoms with Crippen LogP contribution < -0.4 is 10.5 Å². The summed E-state index contributed by atoms with van der Waals surface area (Å²) in [4.78, 5) is 1.17. The lowest BCUT2D eigenvalue weighted by Crippen LogP contribution is -2.12. The maximum absolute atomic E-state index is 6.22. The average molecular weight is 247 g/mol. The van der Waals surface area contributed by atoms with Crippen molar-refractivity contribution in [2.45, 2.75) is 19.4 Å². The van der Waals surface area contributed by atoms with Crippen LogP contribution in [0.2, 0.25) is 0 Å². The van der Waals surface area contributed by atoms with Crippen molar-refractivity contribution < 1.29 is 4.74 Å². The summed E-state index contributed by atoms with van der Waals surface area (Å²) in [7, 11) is 1.68. The van der Waals surface area contributed by atoms with Crippen molar-refractivity contribution in [1.82, 2.24) is 0 Å². The molecule has 0 saturated heterocycles. The molecule has 17 heavy (non-hydrogen) atoms. The third-order valence-electron chi connectivity index (χ3n) is 2.90. The molecule has 1 aromatic carbocycles. The summed E-state index contributed by atoms with van der Waals surface area (Å²) in [6.45, 7) is 2.12. The highest BCUT2D eigenvalue weighted by atomic mass is 32.1. The topological polar surface area (TPSA) is 35.2 Å². The van der Waals surface area contributed by atoms with Gasteiger partial charge in [-0.25, -0.2) is 0 Å². The molecule has 0 radical (unpaired) electrons. The largest absolute Gasteiger partial charge is 0.496 e. The molecule has 2 aromatic rings. The first kappa shape index (κ1) is 12.1. The third kappa shape index (κ3) is 2.87. The Morgan fingerprint density at radius 1 is 1.35 bits per heavy atom. The van der Waals surface area contributed by atoms with Gasteiger partial charge in [0.25, 0.3) is 0 Å². The number of hydrogen-bond donors (Lipinski definition) is 1. The predicted octanol–water partition coefficient (Wildman–Crippen LogP) is 3.31. The third-order valence-corrected chi connectivity index (χ3v) is 3.94. The molecule has 0 spiro atoms. The first-order valence-corrected chi connectivity index (χ1v) is 6.51. The molecule has 0 amide bonds. The Labute approximate surface area is 106 Å². The van der Waals surface area contributed by atoms with E-state index in [1.54, 1.807) is 18.4 Å². The van der Waals surface area contributed by atoms with Crippen LogP contribution >= 0.6 is 11.3 Å². The summed E-state index contributed by atoms with van der Waals surface area (Å²) < 4.78 is 5.17. The maximum Gasteiger partial charge on any atom is 0.129 e. The minimum Gasteiger partial charge on any atom is -0.496 e. The van der Waals surface area contributed by atoms with E-state index in [-0.39, 0.29) is 6.04 Å². The van der Waals surface area contributed by atoms with Crippen LogP contribution in [0.4, 0.5) is 0 Å². The van der Waals surface area contributed by atoms with Crippen molar-refractivity contribution in [2.75, 3.05) is 7.11 Å². The van der Waals surface area contributed by atoms with Gasteiger partial charge in [-0.05, 0) is 30.5 Å². The van der Waals surface area contributed by atoms with Crippen molar-refractivity contribution in [2.24, 2.45) is 5.73 Å². The Morgan fingerprint density at radius 2 is 2.12 bits per heavy atom. The number of hydrogen-bond acceptors (Lipinski definition) is 3. The minimum absolute atomic E-state index is 0.0463. The molecular formula is C14H17NOS. The van der Waals surface area contributed by atoms with Crippen molar-refractivity contribution in [3.63, 3.8) is 0 Å². The van der Waals surface area contributed by atoms with Crippen LogP contribution in [0.15, 0.2) is 35.7 Å². The fourth-order valence-electron chi connectivity index (χ4n) is 1.81. The molecule has 2 nitrogen and oxygen atoms in total. The fourth-order valence-corrected chi connectivity index (χ4v) is 2.67. The summed E-state index contributed by atoms with van der Waals surface area (Å²) in [5, 5.41) is 1.99. The Morgan fingerprint density at radius 3 is 2.76 bits per heavy atom. The molecule has 1 unspecified atom stereocenters. The number of rotatable bonds is 4. The molecule has 0 saturated carbocycles. The van der Waals surface area contributed by atoms with Crippen LogP contribution in [-0.4, -0.2) is 7.11 Å². The molecular weight excluding hydrogens is 230 g/mol. The van der Waals surface area contributed by atoms with Gasteiger partial charge in [-0.2, -0.15) is 0 Å². The molecule has 0 fully saturated rings. The van der Waals surface area contributed by atoms with Crippen LogP contribution in [0.25, 0.3) is 0 Å². The van der Waals surface area contributed by atoms with Crippen LogP contribution in [0.5, 0.6) is 5.75 Å². The Kier molecular flexibility index (Phi) is 3.82. The molecule has 3 heteroatoms. The standard InChI is InChI=1S/C14H17NOS/c1-10-5-3-4-6-11(10)7-13(15)14-8-12(16-2)9-17-14/h3-6,8-9,13H,7,15H2,1-2H3. The van der Waals surface area contributed by atoms with Crippen molar-refractivity contribution in [3.8, 4) is 5.75 Å². The van der Waals surface area contributed by atoms with E-state index in [1.807, 2.05) is 11.4 Å². The van der Waals surface area contributed by atoms with E-state index in [2.05, 4.69) is 31.2 Å². The molecule has 0 aliphatic carbocycles. The van der Waals surface area contributed by atoms with Gasteiger partial charge in [-0.15, -0.1) is 11.3 Å². The molecule has 0 aliphatic heterocycles. The van der Waals surface area contributed by atoms with E-state index in [0.717, 1.165) is 12.2 Å². The maximum atomic E-state index is 6.22. The molecule has 1 aromatic heterocycles. The van der Waals surface area contributed by atoms with E-state index in [4.69, 9.17) is 10.5 Å². The number of thiophene rings is 1. The zero-order chi connectivity index (χ0) is 12.3. The summed E-state index contributed by atoms with van der Waals surface area (Å²) >= 11 is 1.66. The second-order valence-corrected chi connectivity index (χ2v) is 5.07. The van der Waals surface area contributed by atoms with Crippen LogP contribution in [-0.2, 0) is 6.42 Å². The van der Waals surface area contributed by atoms with Crippen LogP contribution in [0.3, 0.4) is 0 Å². The van der Waals surface area contributed by atoms with E-state index in [0.29, 0.717) is 0 Å². The normalized spacial score (nSPS) is 12.4. The van der Waals surface area contributed by atoms with Gasteiger partial charge in [0.05, 0.1) is 7.11 Å². The summed E-state index contributed by atoms with van der Waals surface area (Å²) in [5.41, 5.74) is 8.83. The quantitative estimate of drug-likeness (QED) is 0.899. The van der Waals surface area contributed by atoms with Gasteiger partial charge in [0.2, 0.25) is 0 Å². The fraction of sp³-hybridized carbons (Fsp3) is 0.286. The summed E-state index contributed by atoms with van der Waals surface area (Å²) in [5.74, 6) is 0.894. The first-order valence-electron chi connectivity index (χ1n) is 5.63. The molecule has 2 rings (SSSR count). The van der Waals surface area contributed by atoms with Crippen molar-refractivity contribution in [3.05, 3.63) is 51.7 Å². The first-order chi connectivity index (χ1) is 8.20. The highest BCUT2D eigenvalue weighted by Gasteiger charge is 2.11. The van der Waals surface area contributed by atoms with Gasteiger partial charge in [0.15, 0.2) is 0 Å². The second-order valence-electron chi connectivity index (χ2n) is 4.13. The summed E-state index contributed by atoms with van der Waals surface area (Å²) in [6.07, 6.45) is 0.871. The van der Waals surface area contributed by atoms with Gasteiger partial charge in [0, 0.05) is 16.3 Å². The van der Waals surface area contributed by atoms with Gasteiger partial charge in [0.1, 0.15) is 5.75 Å². The second kappa shape index (κ2) is 5.34. The molecule has 0 bridgehead atoms. The highest BCUT2D eigenvalue weighted by molar-refractivity contribution is 7.10. The van der Waals surface area contributed by atoms with Crippen LogP contribution in [0.1, 0.15) is 22.0 Å². The Hall–Kier alpha value is -1.32.